The number of hydrogen-bond donors (Lipinski definition) is 2. The Labute approximate surface area is 104 Å². The van der Waals surface area contributed by atoms with Crippen LogP contribution in [0.2, 0.25) is 0 Å². The first kappa shape index (κ1) is 13.7. The Kier molecular flexibility index (Phi) is 5.70. The summed E-state index contributed by atoms with van der Waals surface area (Å²) in [5.41, 5.74) is 2.01. The summed E-state index contributed by atoms with van der Waals surface area (Å²) in [6.07, 6.45) is 1.43. The molecule has 0 atom stereocenters. The van der Waals surface area contributed by atoms with Gasteiger partial charge >= 0.3 is 0 Å². The van der Waals surface area contributed by atoms with Crippen molar-refractivity contribution in [1.29, 1.82) is 0 Å². The van der Waals surface area contributed by atoms with E-state index in [1.165, 1.54) is 0 Å². The van der Waals surface area contributed by atoms with Crippen LogP contribution in [0.25, 0.3) is 0 Å². The second kappa shape index (κ2) is 7.07. The first-order valence-corrected chi connectivity index (χ1v) is 6.18. The van der Waals surface area contributed by atoms with Crippen molar-refractivity contribution in [2.45, 2.75) is 39.7 Å². The molecule has 17 heavy (non-hydrogen) atoms. The van der Waals surface area contributed by atoms with E-state index in [4.69, 9.17) is 0 Å². The SMILES string of the molecule is Cc1ccccc1NC(=O)CCCNC(C)C. The summed E-state index contributed by atoms with van der Waals surface area (Å²) >= 11 is 0. The van der Waals surface area contributed by atoms with Crippen LogP contribution in [0.3, 0.4) is 0 Å². The van der Waals surface area contributed by atoms with Gasteiger partial charge in [0, 0.05) is 18.2 Å². The average Bonchev–Trinajstić information content (AvgIpc) is 2.27. The number of anilines is 1. The molecule has 0 radical (unpaired) electrons. The zero-order chi connectivity index (χ0) is 12.7. The summed E-state index contributed by atoms with van der Waals surface area (Å²) in [4.78, 5) is 11.7. The highest BCUT2D eigenvalue weighted by atomic mass is 16.1. The molecule has 94 valence electrons. The van der Waals surface area contributed by atoms with Crippen LogP contribution in [-0.4, -0.2) is 18.5 Å². The van der Waals surface area contributed by atoms with Gasteiger partial charge in [-0.1, -0.05) is 32.0 Å². The summed E-state index contributed by atoms with van der Waals surface area (Å²) in [5.74, 6) is 0.0878. The molecule has 0 aromatic heterocycles. The number of para-hydroxylation sites is 1. The summed E-state index contributed by atoms with van der Waals surface area (Å²) in [5, 5.41) is 6.23. The van der Waals surface area contributed by atoms with E-state index in [1.807, 2.05) is 31.2 Å². The van der Waals surface area contributed by atoms with Crippen molar-refractivity contribution in [2.24, 2.45) is 0 Å². The second-order valence-electron chi connectivity index (χ2n) is 4.58. The third kappa shape index (κ3) is 5.50. The summed E-state index contributed by atoms with van der Waals surface area (Å²) in [6.45, 7) is 7.09. The lowest BCUT2D eigenvalue weighted by atomic mass is 10.2. The number of benzene rings is 1. The molecule has 0 aliphatic rings. The van der Waals surface area contributed by atoms with E-state index in [1.54, 1.807) is 0 Å². The van der Waals surface area contributed by atoms with Crippen molar-refractivity contribution in [1.82, 2.24) is 5.32 Å². The molecule has 0 heterocycles. The van der Waals surface area contributed by atoms with Gasteiger partial charge in [-0.3, -0.25) is 4.79 Å². The van der Waals surface area contributed by atoms with E-state index in [0.29, 0.717) is 12.5 Å². The molecule has 0 aliphatic carbocycles. The van der Waals surface area contributed by atoms with Crippen molar-refractivity contribution in [3.8, 4) is 0 Å². The molecule has 3 heteroatoms. The number of hydrogen-bond acceptors (Lipinski definition) is 2. The van der Waals surface area contributed by atoms with Crippen LogP contribution in [0.15, 0.2) is 24.3 Å². The van der Waals surface area contributed by atoms with Gasteiger partial charge < -0.3 is 10.6 Å². The highest BCUT2D eigenvalue weighted by Gasteiger charge is 2.03. The van der Waals surface area contributed by atoms with Crippen molar-refractivity contribution >= 4 is 11.6 Å². The minimum atomic E-state index is 0.0878. The van der Waals surface area contributed by atoms with Gasteiger partial charge in [0.05, 0.1) is 0 Å². The Balaban J connectivity index is 2.28. The molecule has 0 saturated heterocycles. The number of aryl methyl sites for hydroxylation is 1. The van der Waals surface area contributed by atoms with E-state index in [0.717, 1.165) is 24.2 Å². The molecule has 1 rings (SSSR count). The van der Waals surface area contributed by atoms with Crippen LogP contribution in [0.1, 0.15) is 32.3 Å². The fourth-order valence-corrected chi connectivity index (χ4v) is 1.57. The van der Waals surface area contributed by atoms with Gasteiger partial charge in [0.15, 0.2) is 0 Å². The highest BCUT2D eigenvalue weighted by Crippen LogP contribution is 2.13. The molecular formula is C14H22N2O. The molecule has 1 aromatic carbocycles. The van der Waals surface area contributed by atoms with Crippen LogP contribution < -0.4 is 10.6 Å². The number of carbonyl (C=O) groups excluding carboxylic acids is 1. The third-order valence-corrected chi connectivity index (χ3v) is 2.55. The molecule has 0 spiro atoms. The standard InChI is InChI=1S/C14H22N2O/c1-11(2)15-10-6-9-14(17)16-13-8-5-4-7-12(13)3/h4-5,7-8,11,15H,6,9-10H2,1-3H3,(H,16,17). The highest BCUT2D eigenvalue weighted by molar-refractivity contribution is 5.91. The van der Waals surface area contributed by atoms with Gasteiger partial charge in [-0.05, 0) is 31.5 Å². The Morgan fingerprint density at radius 2 is 2.00 bits per heavy atom. The van der Waals surface area contributed by atoms with Gasteiger partial charge in [-0.25, -0.2) is 0 Å². The van der Waals surface area contributed by atoms with Gasteiger partial charge in [0.2, 0.25) is 5.91 Å². The molecule has 3 nitrogen and oxygen atoms in total. The molecule has 0 aliphatic heterocycles. The maximum Gasteiger partial charge on any atom is 0.224 e. The Morgan fingerprint density at radius 3 is 2.65 bits per heavy atom. The lowest BCUT2D eigenvalue weighted by Gasteiger charge is -2.09. The lowest BCUT2D eigenvalue weighted by molar-refractivity contribution is -0.116. The Morgan fingerprint density at radius 1 is 1.29 bits per heavy atom. The van der Waals surface area contributed by atoms with E-state index < -0.39 is 0 Å². The van der Waals surface area contributed by atoms with E-state index >= 15 is 0 Å². The summed E-state index contributed by atoms with van der Waals surface area (Å²) in [7, 11) is 0. The average molecular weight is 234 g/mol. The maximum absolute atomic E-state index is 11.7. The largest absolute Gasteiger partial charge is 0.326 e. The summed E-state index contributed by atoms with van der Waals surface area (Å²) in [6, 6.07) is 8.31. The van der Waals surface area contributed by atoms with Gasteiger partial charge in [-0.2, -0.15) is 0 Å². The number of nitrogens with one attached hydrogen (secondary N) is 2. The molecule has 0 saturated carbocycles. The van der Waals surface area contributed by atoms with Crippen molar-refractivity contribution in [3.63, 3.8) is 0 Å². The fraction of sp³-hybridized carbons (Fsp3) is 0.500. The van der Waals surface area contributed by atoms with Crippen LogP contribution in [0.5, 0.6) is 0 Å². The smallest absolute Gasteiger partial charge is 0.224 e. The minimum Gasteiger partial charge on any atom is -0.326 e. The lowest BCUT2D eigenvalue weighted by Crippen LogP contribution is -2.24. The zero-order valence-corrected chi connectivity index (χ0v) is 10.9. The van der Waals surface area contributed by atoms with Crippen LogP contribution in [-0.2, 0) is 4.79 Å². The molecular weight excluding hydrogens is 212 g/mol. The van der Waals surface area contributed by atoms with E-state index in [9.17, 15) is 4.79 Å². The van der Waals surface area contributed by atoms with E-state index in [-0.39, 0.29) is 5.91 Å². The molecule has 0 bridgehead atoms. The van der Waals surface area contributed by atoms with E-state index in [2.05, 4.69) is 24.5 Å². The van der Waals surface area contributed by atoms with Crippen LogP contribution in [0, 0.1) is 6.92 Å². The minimum absolute atomic E-state index is 0.0878. The topological polar surface area (TPSA) is 41.1 Å². The quantitative estimate of drug-likeness (QED) is 0.743. The van der Waals surface area contributed by atoms with Gasteiger partial charge in [0.25, 0.3) is 0 Å². The Hall–Kier alpha value is -1.35. The number of rotatable bonds is 6. The van der Waals surface area contributed by atoms with Crippen molar-refractivity contribution in [2.75, 3.05) is 11.9 Å². The van der Waals surface area contributed by atoms with Crippen LogP contribution in [0.4, 0.5) is 5.69 Å². The predicted octanol–water partition coefficient (Wildman–Crippen LogP) is 2.71. The van der Waals surface area contributed by atoms with Crippen LogP contribution >= 0.6 is 0 Å². The molecule has 1 amide bonds. The zero-order valence-electron chi connectivity index (χ0n) is 10.9. The molecule has 2 N–H and O–H groups in total. The fourth-order valence-electron chi connectivity index (χ4n) is 1.57. The number of carbonyl (C=O) groups is 1. The van der Waals surface area contributed by atoms with Gasteiger partial charge in [0.1, 0.15) is 0 Å². The predicted molar refractivity (Wildman–Crippen MR) is 72.2 cm³/mol. The van der Waals surface area contributed by atoms with Crippen molar-refractivity contribution in [3.05, 3.63) is 29.8 Å². The third-order valence-electron chi connectivity index (χ3n) is 2.55. The first-order chi connectivity index (χ1) is 8.09. The maximum atomic E-state index is 11.7. The first-order valence-electron chi connectivity index (χ1n) is 6.18. The van der Waals surface area contributed by atoms with Crippen molar-refractivity contribution < 1.29 is 4.79 Å². The van der Waals surface area contributed by atoms with Gasteiger partial charge in [-0.15, -0.1) is 0 Å². The normalized spacial score (nSPS) is 10.6. The molecule has 0 fully saturated rings. The molecule has 1 aromatic rings. The summed E-state index contributed by atoms with van der Waals surface area (Å²) < 4.78 is 0. The monoisotopic (exact) mass is 234 g/mol. The molecule has 0 unspecified atom stereocenters. The Bertz CT molecular complexity index is 361. The second-order valence-corrected chi connectivity index (χ2v) is 4.58. The number of amides is 1.